The molecule has 3 aromatic rings. The molecule has 6 heteroatoms. The second-order valence-corrected chi connectivity index (χ2v) is 10.4. The topological polar surface area (TPSA) is 71.5 Å². The van der Waals surface area contributed by atoms with Crippen LogP contribution < -0.4 is 10.1 Å². The largest absolute Gasteiger partial charge is 0.486 e. The maximum atomic E-state index is 13.2. The molecule has 1 fully saturated rings. The van der Waals surface area contributed by atoms with E-state index in [1.165, 1.54) is 0 Å². The molecule has 0 bridgehead atoms. The van der Waals surface area contributed by atoms with Gasteiger partial charge >= 0.3 is 0 Å². The maximum Gasteiger partial charge on any atom is 0.251 e. The number of benzene rings is 2. The third kappa shape index (κ3) is 5.05. The van der Waals surface area contributed by atoms with E-state index in [1.807, 2.05) is 55.5 Å². The highest BCUT2D eigenvalue weighted by Gasteiger charge is 2.43. The van der Waals surface area contributed by atoms with Crippen molar-refractivity contribution in [2.24, 2.45) is 0 Å². The zero-order valence-electron chi connectivity index (χ0n) is 21.2. The third-order valence-electron chi connectivity index (χ3n) is 7.39. The number of aryl methyl sites for hydroxylation is 1. The highest BCUT2D eigenvalue weighted by molar-refractivity contribution is 6.01. The number of hydrogen-bond donors (Lipinski definition) is 1. The van der Waals surface area contributed by atoms with E-state index in [0.29, 0.717) is 35.9 Å². The van der Waals surface area contributed by atoms with Crippen molar-refractivity contribution in [1.29, 1.82) is 0 Å². The number of nitrogens with one attached hydrogen (secondary N) is 1. The van der Waals surface area contributed by atoms with Crippen molar-refractivity contribution < 1.29 is 14.3 Å². The van der Waals surface area contributed by atoms with Crippen LogP contribution in [0.2, 0.25) is 0 Å². The Morgan fingerprint density at radius 2 is 1.78 bits per heavy atom. The first-order valence-corrected chi connectivity index (χ1v) is 12.7. The van der Waals surface area contributed by atoms with Crippen LogP contribution in [0.1, 0.15) is 65.0 Å². The summed E-state index contributed by atoms with van der Waals surface area (Å²) >= 11 is 0. The normalized spacial score (nSPS) is 17.1. The SMILES string of the molecule is Cc1cncc(CNC(=O)c2ccc(-c3ccc4c(c3)C(=O)CC3(CCN(C(C)C)CC3)O4)cc2)c1. The second kappa shape index (κ2) is 9.86. The van der Waals surface area contributed by atoms with Crippen LogP contribution in [0, 0.1) is 6.92 Å². The summed E-state index contributed by atoms with van der Waals surface area (Å²) in [5.41, 5.74) is 4.79. The van der Waals surface area contributed by atoms with Crippen LogP contribution in [0.5, 0.6) is 5.75 Å². The van der Waals surface area contributed by atoms with Gasteiger partial charge in [-0.1, -0.05) is 24.3 Å². The van der Waals surface area contributed by atoms with Crippen molar-refractivity contribution in [3.8, 4) is 16.9 Å². The summed E-state index contributed by atoms with van der Waals surface area (Å²) < 4.78 is 6.47. The van der Waals surface area contributed by atoms with E-state index >= 15 is 0 Å². The molecule has 1 N–H and O–H groups in total. The van der Waals surface area contributed by atoms with Gasteiger partial charge in [0.15, 0.2) is 5.78 Å². The number of likely N-dealkylation sites (tertiary alicyclic amines) is 1. The minimum absolute atomic E-state index is 0.133. The number of ether oxygens (including phenoxy) is 1. The van der Waals surface area contributed by atoms with Crippen molar-refractivity contribution in [3.63, 3.8) is 0 Å². The average molecular weight is 484 g/mol. The summed E-state index contributed by atoms with van der Waals surface area (Å²) in [6, 6.07) is 15.8. The first-order valence-electron chi connectivity index (χ1n) is 12.7. The molecule has 186 valence electrons. The zero-order valence-corrected chi connectivity index (χ0v) is 21.2. The molecule has 0 saturated carbocycles. The predicted molar refractivity (Wildman–Crippen MR) is 140 cm³/mol. The molecule has 2 aliphatic heterocycles. The van der Waals surface area contributed by atoms with E-state index in [-0.39, 0.29) is 17.3 Å². The van der Waals surface area contributed by atoms with Crippen LogP contribution in [0.25, 0.3) is 11.1 Å². The molecule has 36 heavy (non-hydrogen) atoms. The van der Waals surface area contributed by atoms with E-state index in [9.17, 15) is 9.59 Å². The zero-order chi connectivity index (χ0) is 25.3. The number of fused-ring (bicyclic) bond motifs is 1. The van der Waals surface area contributed by atoms with Gasteiger partial charge < -0.3 is 15.0 Å². The summed E-state index contributed by atoms with van der Waals surface area (Å²) in [6.45, 7) is 8.75. The Bertz CT molecular complexity index is 1270. The second-order valence-electron chi connectivity index (χ2n) is 10.4. The highest BCUT2D eigenvalue weighted by atomic mass is 16.5. The van der Waals surface area contributed by atoms with E-state index in [1.54, 1.807) is 12.4 Å². The fraction of sp³-hybridized carbons (Fsp3) is 0.367. The van der Waals surface area contributed by atoms with Gasteiger partial charge in [0.2, 0.25) is 0 Å². The van der Waals surface area contributed by atoms with E-state index in [0.717, 1.165) is 48.2 Å². The minimum Gasteiger partial charge on any atom is -0.486 e. The molecule has 1 saturated heterocycles. The number of pyridine rings is 1. The van der Waals surface area contributed by atoms with Crippen LogP contribution in [0.15, 0.2) is 60.9 Å². The molecular formula is C30H33N3O3. The molecule has 5 rings (SSSR count). The van der Waals surface area contributed by atoms with Gasteiger partial charge in [-0.3, -0.25) is 14.6 Å². The van der Waals surface area contributed by atoms with Gasteiger partial charge in [-0.2, -0.15) is 0 Å². The summed E-state index contributed by atoms with van der Waals surface area (Å²) in [6.07, 6.45) is 5.74. The number of ketones is 1. The molecule has 2 aliphatic rings. The molecule has 2 aromatic carbocycles. The van der Waals surface area contributed by atoms with Crippen molar-refractivity contribution in [1.82, 2.24) is 15.2 Å². The Hall–Kier alpha value is -3.51. The Labute approximate surface area is 212 Å². The Morgan fingerprint density at radius 1 is 1.06 bits per heavy atom. The van der Waals surface area contributed by atoms with Crippen molar-refractivity contribution in [2.45, 2.75) is 58.2 Å². The number of piperidine rings is 1. The van der Waals surface area contributed by atoms with Crippen LogP contribution in [-0.4, -0.2) is 46.3 Å². The van der Waals surface area contributed by atoms with Gasteiger partial charge in [-0.25, -0.2) is 0 Å². The van der Waals surface area contributed by atoms with Gasteiger partial charge in [0.1, 0.15) is 11.4 Å². The van der Waals surface area contributed by atoms with E-state index < -0.39 is 0 Å². The maximum absolute atomic E-state index is 13.2. The first kappa shape index (κ1) is 24.2. The van der Waals surface area contributed by atoms with Gasteiger partial charge in [-0.15, -0.1) is 0 Å². The van der Waals surface area contributed by atoms with Crippen LogP contribution in [-0.2, 0) is 6.54 Å². The predicted octanol–water partition coefficient (Wildman–Crippen LogP) is 5.20. The molecule has 1 amide bonds. The lowest BCUT2D eigenvalue weighted by Crippen LogP contribution is -2.52. The number of hydrogen-bond acceptors (Lipinski definition) is 5. The average Bonchev–Trinajstić information content (AvgIpc) is 2.87. The number of aromatic nitrogens is 1. The number of nitrogens with zero attached hydrogens (tertiary/aromatic N) is 2. The summed E-state index contributed by atoms with van der Waals surface area (Å²) in [7, 11) is 0. The van der Waals surface area contributed by atoms with Gasteiger partial charge in [-0.05, 0) is 67.3 Å². The number of carbonyl (C=O) groups is 2. The molecule has 0 atom stereocenters. The van der Waals surface area contributed by atoms with Gasteiger partial charge in [0, 0.05) is 56.5 Å². The lowest BCUT2D eigenvalue weighted by molar-refractivity contribution is -0.0153. The number of carbonyl (C=O) groups excluding carboxylic acids is 2. The summed E-state index contributed by atoms with van der Waals surface area (Å²) in [5.74, 6) is 0.707. The van der Waals surface area contributed by atoms with E-state index in [2.05, 4.69) is 29.0 Å². The molecule has 1 aromatic heterocycles. The smallest absolute Gasteiger partial charge is 0.251 e. The Morgan fingerprint density at radius 3 is 2.47 bits per heavy atom. The van der Waals surface area contributed by atoms with Crippen LogP contribution >= 0.6 is 0 Å². The number of amides is 1. The lowest BCUT2D eigenvalue weighted by Gasteiger charge is -2.45. The van der Waals surface area contributed by atoms with Gasteiger partial charge in [0.25, 0.3) is 5.91 Å². The van der Waals surface area contributed by atoms with E-state index in [4.69, 9.17) is 4.74 Å². The van der Waals surface area contributed by atoms with Gasteiger partial charge in [0.05, 0.1) is 12.0 Å². The third-order valence-corrected chi connectivity index (χ3v) is 7.39. The molecule has 0 radical (unpaired) electrons. The number of Topliss-reactive ketones (excluding diaryl/α,β-unsaturated/α-hetero) is 1. The fourth-order valence-electron chi connectivity index (χ4n) is 5.21. The highest BCUT2D eigenvalue weighted by Crippen LogP contribution is 2.41. The van der Waals surface area contributed by atoms with Crippen molar-refractivity contribution in [2.75, 3.05) is 13.1 Å². The number of rotatable bonds is 5. The molecule has 1 spiro atoms. The quantitative estimate of drug-likeness (QED) is 0.540. The molecular weight excluding hydrogens is 450 g/mol. The Balaban J connectivity index is 1.26. The van der Waals surface area contributed by atoms with Crippen LogP contribution in [0.4, 0.5) is 0 Å². The molecule has 0 aliphatic carbocycles. The molecule has 0 unspecified atom stereocenters. The monoisotopic (exact) mass is 483 g/mol. The van der Waals surface area contributed by atoms with Crippen molar-refractivity contribution in [3.05, 3.63) is 83.2 Å². The minimum atomic E-state index is -0.374. The fourth-order valence-corrected chi connectivity index (χ4v) is 5.21. The van der Waals surface area contributed by atoms with Crippen molar-refractivity contribution >= 4 is 11.7 Å². The summed E-state index contributed by atoms with van der Waals surface area (Å²) in [5, 5.41) is 2.94. The first-order chi connectivity index (χ1) is 17.3. The van der Waals surface area contributed by atoms with Crippen LogP contribution in [0.3, 0.4) is 0 Å². The standard InChI is InChI=1S/C30H33N3O3/c1-20(2)33-12-10-30(11-13-33)16-27(34)26-15-25(8-9-28(26)36-30)23-4-6-24(7-5-23)29(35)32-19-22-14-21(3)17-31-18-22/h4-9,14-15,17-18,20H,10-13,16,19H2,1-3H3,(H,32,35). The lowest BCUT2D eigenvalue weighted by atomic mass is 9.81. The molecule has 6 nitrogen and oxygen atoms in total. The summed E-state index contributed by atoms with van der Waals surface area (Å²) in [4.78, 5) is 32.4. The molecule has 3 heterocycles. The Kier molecular flexibility index (Phi) is 6.63.